The predicted octanol–water partition coefficient (Wildman–Crippen LogP) is 3.89. The predicted molar refractivity (Wildman–Crippen MR) is 67.8 cm³/mol. The second kappa shape index (κ2) is 4.84. The van der Waals surface area contributed by atoms with Crippen molar-refractivity contribution in [1.82, 2.24) is 5.32 Å². The molecule has 0 aromatic heterocycles. The third-order valence-corrected chi connectivity index (χ3v) is 3.99. The Balaban J connectivity index is 2.27. The van der Waals surface area contributed by atoms with Crippen LogP contribution in [0, 0.1) is 17.7 Å². The molecular weight excluding hydrogens is 269 g/mol. The Bertz CT molecular complexity index is 376. The van der Waals surface area contributed by atoms with Crippen molar-refractivity contribution in [3.05, 3.63) is 34.1 Å². The fraction of sp³-hybridized carbons (Fsp3) is 0.538. The fourth-order valence-electron chi connectivity index (χ4n) is 2.35. The minimum Gasteiger partial charge on any atom is -0.313 e. The molecule has 16 heavy (non-hydrogen) atoms. The van der Waals surface area contributed by atoms with E-state index in [1.54, 1.807) is 6.07 Å². The van der Waals surface area contributed by atoms with Crippen LogP contribution in [0.25, 0.3) is 0 Å². The third kappa shape index (κ3) is 2.46. The van der Waals surface area contributed by atoms with Gasteiger partial charge < -0.3 is 5.32 Å². The summed E-state index contributed by atoms with van der Waals surface area (Å²) < 4.78 is 14.7. The van der Waals surface area contributed by atoms with Gasteiger partial charge in [0.25, 0.3) is 0 Å². The van der Waals surface area contributed by atoms with Gasteiger partial charge in [-0.25, -0.2) is 4.39 Å². The van der Waals surface area contributed by atoms with Gasteiger partial charge >= 0.3 is 0 Å². The number of halogens is 2. The van der Waals surface area contributed by atoms with Crippen LogP contribution < -0.4 is 5.32 Å². The second-order valence-corrected chi connectivity index (χ2v) is 5.54. The van der Waals surface area contributed by atoms with Gasteiger partial charge in [-0.05, 0) is 49.9 Å². The van der Waals surface area contributed by atoms with Gasteiger partial charge in [-0.15, -0.1) is 0 Å². The molecule has 0 spiro atoms. The molecular formula is C13H17BrFN. The van der Waals surface area contributed by atoms with Crippen LogP contribution >= 0.6 is 15.9 Å². The van der Waals surface area contributed by atoms with Crippen molar-refractivity contribution in [3.63, 3.8) is 0 Å². The minimum atomic E-state index is -0.116. The summed E-state index contributed by atoms with van der Waals surface area (Å²) in [5.41, 5.74) is 0.774. The number of nitrogens with one attached hydrogen (secondary N) is 1. The molecule has 2 atom stereocenters. The van der Waals surface area contributed by atoms with Gasteiger partial charge in [-0.1, -0.05) is 22.9 Å². The van der Waals surface area contributed by atoms with E-state index in [4.69, 9.17) is 0 Å². The molecule has 1 N–H and O–H groups in total. The Labute approximate surface area is 105 Å². The summed E-state index contributed by atoms with van der Waals surface area (Å²) >= 11 is 3.40. The molecule has 1 fully saturated rings. The summed E-state index contributed by atoms with van der Waals surface area (Å²) in [6.45, 7) is 2.21. The first kappa shape index (κ1) is 12.1. The highest BCUT2D eigenvalue weighted by Gasteiger charge is 2.34. The van der Waals surface area contributed by atoms with Crippen LogP contribution in [-0.4, -0.2) is 7.05 Å². The first-order chi connectivity index (χ1) is 7.63. The van der Waals surface area contributed by atoms with E-state index < -0.39 is 0 Å². The zero-order valence-corrected chi connectivity index (χ0v) is 11.2. The molecule has 0 saturated heterocycles. The summed E-state index contributed by atoms with van der Waals surface area (Å²) in [4.78, 5) is 0. The van der Waals surface area contributed by atoms with Crippen molar-refractivity contribution < 1.29 is 4.39 Å². The van der Waals surface area contributed by atoms with Crippen LogP contribution in [0.1, 0.15) is 31.4 Å². The lowest BCUT2D eigenvalue weighted by molar-refractivity contribution is 0.358. The van der Waals surface area contributed by atoms with E-state index >= 15 is 0 Å². The lowest BCUT2D eigenvalue weighted by Crippen LogP contribution is -2.25. The van der Waals surface area contributed by atoms with Crippen LogP contribution in [-0.2, 0) is 0 Å². The molecule has 3 heteroatoms. The van der Waals surface area contributed by atoms with E-state index in [1.165, 1.54) is 18.9 Å². The third-order valence-electron chi connectivity index (χ3n) is 3.50. The first-order valence-corrected chi connectivity index (χ1v) is 6.55. The fourth-order valence-corrected chi connectivity index (χ4v) is 2.73. The van der Waals surface area contributed by atoms with E-state index in [2.05, 4.69) is 28.2 Å². The van der Waals surface area contributed by atoms with Gasteiger partial charge in [0, 0.05) is 16.1 Å². The van der Waals surface area contributed by atoms with E-state index in [9.17, 15) is 4.39 Å². The van der Waals surface area contributed by atoms with Crippen molar-refractivity contribution in [3.8, 4) is 0 Å². The Morgan fingerprint density at radius 2 is 2.12 bits per heavy atom. The van der Waals surface area contributed by atoms with E-state index in [0.717, 1.165) is 16.0 Å². The molecule has 1 nitrogen and oxygen atoms in total. The summed E-state index contributed by atoms with van der Waals surface area (Å²) in [5.74, 6) is 1.14. The molecule has 1 aromatic rings. The average molecular weight is 286 g/mol. The summed E-state index contributed by atoms with van der Waals surface area (Å²) in [6.07, 6.45) is 2.57. The molecule has 1 saturated carbocycles. The van der Waals surface area contributed by atoms with Crippen LogP contribution in [0.5, 0.6) is 0 Å². The maximum atomic E-state index is 13.8. The molecule has 2 rings (SSSR count). The standard InChI is InChI=1S/C13H17BrFN/c1-8(9-3-4-9)13(16-2)11-7-10(14)5-6-12(11)15/h5-9,13,16H,3-4H2,1-2H3. The maximum absolute atomic E-state index is 13.8. The molecule has 0 radical (unpaired) electrons. The smallest absolute Gasteiger partial charge is 0.128 e. The van der Waals surface area contributed by atoms with Gasteiger partial charge in [-0.2, -0.15) is 0 Å². The maximum Gasteiger partial charge on any atom is 0.128 e. The lowest BCUT2D eigenvalue weighted by atomic mass is 9.90. The van der Waals surface area contributed by atoms with Crippen LogP contribution in [0.2, 0.25) is 0 Å². The molecule has 1 aliphatic rings. The van der Waals surface area contributed by atoms with Gasteiger partial charge in [0.1, 0.15) is 5.82 Å². The minimum absolute atomic E-state index is 0.116. The molecule has 1 aliphatic carbocycles. The Morgan fingerprint density at radius 1 is 1.44 bits per heavy atom. The average Bonchev–Trinajstić information content (AvgIpc) is 3.07. The largest absolute Gasteiger partial charge is 0.313 e. The topological polar surface area (TPSA) is 12.0 Å². The van der Waals surface area contributed by atoms with Gasteiger partial charge in [0.15, 0.2) is 0 Å². The van der Waals surface area contributed by atoms with Crippen molar-refractivity contribution in [1.29, 1.82) is 0 Å². The second-order valence-electron chi connectivity index (χ2n) is 4.63. The monoisotopic (exact) mass is 285 g/mol. The van der Waals surface area contributed by atoms with E-state index in [0.29, 0.717) is 5.92 Å². The number of rotatable bonds is 4. The van der Waals surface area contributed by atoms with E-state index in [-0.39, 0.29) is 11.9 Å². The molecule has 0 heterocycles. The Kier molecular flexibility index (Phi) is 3.65. The lowest BCUT2D eigenvalue weighted by Gasteiger charge is -2.24. The van der Waals surface area contributed by atoms with Crippen molar-refractivity contribution in [2.24, 2.45) is 11.8 Å². The summed E-state index contributed by atoms with van der Waals surface area (Å²) in [7, 11) is 1.91. The molecule has 2 unspecified atom stereocenters. The zero-order chi connectivity index (χ0) is 11.7. The SMILES string of the molecule is CNC(c1cc(Br)ccc1F)C(C)C1CC1. The summed E-state index contributed by atoms with van der Waals surface area (Å²) in [5, 5.41) is 3.25. The number of hydrogen-bond acceptors (Lipinski definition) is 1. The van der Waals surface area contributed by atoms with Gasteiger partial charge in [-0.3, -0.25) is 0 Å². The highest BCUT2D eigenvalue weighted by atomic mass is 79.9. The van der Waals surface area contributed by atoms with Crippen LogP contribution in [0.15, 0.2) is 22.7 Å². The molecule has 0 aliphatic heterocycles. The molecule has 88 valence electrons. The number of benzene rings is 1. The quantitative estimate of drug-likeness (QED) is 0.885. The van der Waals surface area contributed by atoms with Crippen LogP contribution in [0.4, 0.5) is 4.39 Å². The van der Waals surface area contributed by atoms with Crippen molar-refractivity contribution in [2.45, 2.75) is 25.8 Å². The summed E-state index contributed by atoms with van der Waals surface area (Å²) in [6, 6.07) is 5.27. The molecule has 0 amide bonds. The Morgan fingerprint density at radius 3 is 2.69 bits per heavy atom. The zero-order valence-electron chi connectivity index (χ0n) is 9.63. The highest BCUT2D eigenvalue weighted by Crippen LogP contribution is 2.43. The van der Waals surface area contributed by atoms with Crippen LogP contribution in [0.3, 0.4) is 0 Å². The van der Waals surface area contributed by atoms with Gasteiger partial charge in [0.05, 0.1) is 0 Å². The highest BCUT2D eigenvalue weighted by molar-refractivity contribution is 9.10. The van der Waals surface area contributed by atoms with Gasteiger partial charge in [0.2, 0.25) is 0 Å². The Hall–Kier alpha value is -0.410. The van der Waals surface area contributed by atoms with Crippen molar-refractivity contribution in [2.75, 3.05) is 7.05 Å². The normalized spacial score (nSPS) is 19.5. The number of hydrogen-bond donors (Lipinski definition) is 1. The molecule has 0 bridgehead atoms. The molecule has 1 aromatic carbocycles. The van der Waals surface area contributed by atoms with Crippen molar-refractivity contribution >= 4 is 15.9 Å². The van der Waals surface area contributed by atoms with E-state index in [1.807, 2.05) is 13.1 Å². The first-order valence-electron chi connectivity index (χ1n) is 5.75.